The normalized spacial score (nSPS) is 22.9. The Morgan fingerprint density at radius 2 is 2.00 bits per heavy atom. The molecule has 1 heterocycles. The van der Waals surface area contributed by atoms with E-state index in [2.05, 4.69) is 25.1 Å². The molecule has 1 fully saturated rings. The lowest BCUT2D eigenvalue weighted by atomic mass is 9.90. The fraction of sp³-hybridized carbons (Fsp3) is 0.588. The summed E-state index contributed by atoms with van der Waals surface area (Å²) >= 11 is 0. The number of ether oxygens (including phenoxy) is 1. The van der Waals surface area contributed by atoms with Crippen LogP contribution in [-0.2, 0) is 4.74 Å². The number of nitriles is 1. The molecule has 0 aliphatic carbocycles. The summed E-state index contributed by atoms with van der Waals surface area (Å²) in [7, 11) is 0. The Morgan fingerprint density at radius 1 is 1.21 bits per heavy atom. The van der Waals surface area contributed by atoms with E-state index in [0.717, 1.165) is 12.2 Å². The van der Waals surface area contributed by atoms with E-state index in [9.17, 15) is 0 Å². The van der Waals surface area contributed by atoms with Gasteiger partial charge in [-0.15, -0.1) is 0 Å². The minimum absolute atomic E-state index is 0.473. The van der Waals surface area contributed by atoms with Crippen molar-refractivity contribution in [3.05, 3.63) is 35.4 Å². The zero-order valence-electron chi connectivity index (χ0n) is 11.8. The van der Waals surface area contributed by atoms with Gasteiger partial charge in [0, 0.05) is 5.92 Å². The molecule has 2 unspecified atom stereocenters. The van der Waals surface area contributed by atoms with Gasteiger partial charge in [0.2, 0.25) is 0 Å². The maximum absolute atomic E-state index is 8.80. The molecule has 0 radical (unpaired) electrons. The molecule has 1 saturated heterocycles. The Bertz CT molecular complexity index is 410. The van der Waals surface area contributed by atoms with Crippen molar-refractivity contribution in [2.45, 2.75) is 57.5 Å². The van der Waals surface area contributed by atoms with E-state index >= 15 is 0 Å². The van der Waals surface area contributed by atoms with Crippen LogP contribution in [0.4, 0.5) is 0 Å². The van der Waals surface area contributed by atoms with Crippen LogP contribution in [0.3, 0.4) is 0 Å². The Hall–Kier alpha value is -1.33. The van der Waals surface area contributed by atoms with Gasteiger partial charge in [-0.05, 0) is 37.0 Å². The van der Waals surface area contributed by atoms with E-state index < -0.39 is 0 Å². The highest BCUT2D eigenvalue weighted by Crippen LogP contribution is 2.30. The van der Waals surface area contributed by atoms with Gasteiger partial charge in [0.05, 0.1) is 24.3 Å². The number of benzene rings is 1. The van der Waals surface area contributed by atoms with Crippen LogP contribution in [0.25, 0.3) is 0 Å². The Kier molecular flexibility index (Phi) is 5.42. The standard InChI is InChI=1S/C17H23NO/c1-2-3-4-5-17-11-10-16(13-19-17)15-8-6-14(12-18)7-9-15/h6-9,16-17H,2-5,10-11,13H2,1H3. The van der Waals surface area contributed by atoms with Crippen molar-refractivity contribution in [1.82, 2.24) is 0 Å². The second-order valence-corrected chi connectivity index (χ2v) is 5.46. The van der Waals surface area contributed by atoms with Crippen LogP contribution >= 0.6 is 0 Å². The Morgan fingerprint density at radius 3 is 2.58 bits per heavy atom. The largest absolute Gasteiger partial charge is 0.378 e. The zero-order chi connectivity index (χ0) is 13.5. The first kappa shape index (κ1) is 14.1. The molecule has 102 valence electrons. The number of rotatable bonds is 5. The summed E-state index contributed by atoms with van der Waals surface area (Å²) in [5, 5.41) is 8.80. The highest BCUT2D eigenvalue weighted by molar-refractivity contribution is 5.33. The first-order valence-corrected chi connectivity index (χ1v) is 7.45. The van der Waals surface area contributed by atoms with E-state index in [1.165, 1.54) is 44.1 Å². The summed E-state index contributed by atoms with van der Waals surface area (Å²) in [5.41, 5.74) is 2.05. The topological polar surface area (TPSA) is 33.0 Å². The van der Waals surface area contributed by atoms with Gasteiger partial charge in [-0.3, -0.25) is 0 Å². The molecule has 0 saturated carbocycles. The fourth-order valence-corrected chi connectivity index (χ4v) is 2.75. The maximum atomic E-state index is 8.80. The third-order valence-electron chi connectivity index (χ3n) is 4.01. The van der Waals surface area contributed by atoms with E-state index in [4.69, 9.17) is 10.00 Å². The SMILES string of the molecule is CCCCCC1CCC(c2ccc(C#N)cc2)CO1. The van der Waals surface area contributed by atoms with E-state index in [1.54, 1.807) is 0 Å². The molecule has 0 bridgehead atoms. The van der Waals surface area contributed by atoms with Crippen LogP contribution in [0.15, 0.2) is 24.3 Å². The van der Waals surface area contributed by atoms with Crippen molar-refractivity contribution < 1.29 is 4.74 Å². The second kappa shape index (κ2) is 7.31. The highest BCUT2D eigenvalue weighted by Gasteiger charge is 2.22. The average Bonchev–Trinajstić information content (AvgIpc) is 2.48. The smallest absolute Gasteiger partial charge is 0.0991 e. The third-order valence-corrected chi connectivity index (χ3v) is 4.01. The summed E-state index contributed by atoms with van der Waals surface area (Å²) in [4.78, 5) is 0. The van der Waals surface area contributed by atoms with Gasteiger partial charge in [-0.1, -0.05) is 38.3 Å². The van der Waals surface area contributed by atoms with E-state index in [0.29, 0.717) is 12.0 Å². The van der Waals surface area contributed by atoms with Gasteiger partial charge in [0.15, 0.2) is 0 Å². The van der Waals surface area contributed by atoms with Crippen molar-refractivity contribution in [2.75, 3.05) is 6.61 Å². The molecule has 1 aliphatic rings. The first-order chi connectivity index (χ1) is 9.33. The van der Waals surface area contributed by atoms with Gasteiger partial charge in [0.25, 0.3) is 0 Å². The van der Waals surface area contributed by atoms with Crippen LogP contribution in [0.5, 0.6) is 0 Å². The van der Waals surface area contributed by atoms with Gasteiger partial charge < -0.3 is 4.74 Å². The van der Waals surface area contributed by atoms with Gasteiger partial charge in [-0.25, -0.2) is 0 Å². The molecular weight excluding hydrogens is 234 g/mol. The summed E-state index contributed by atoms with van der Waals surface area (Å²) in [6.45, 7) is 3.07. The molecule has 1 aromatic rings. The van der Waals surface area contributed by atoms with E-state index in [-0.39, 0.29) is 0 Å². The molecular formula is C17H23NO. The van der Waals surface area contributed by atoms with Crippen molar-refractivity contribution in [2.24, 2.45) is 0 Å². The van der Waals surface area contributed by atoms with Crippen molar-refractivity contribution >= 4 is 0 Å². The fourth-order valence-electron chi connectivity index (χ4n) is 2.75. The molecule has 2 heteroatoms. The summed E-state index contributed by atoms with van der Waals surface area (Å²) in [6.07, 6.45) is 7.97. The molecule has 0 spiro atoms. The zero-order valence-corrected chi connectivity index (χ0v) is 11.8. The Labute approximate surface area is 116 Å². The van der Waals surface area contributed by atoms with Crippen molar-refractivity contribution in [1.29, 1.82) is 5.26 Å². The van der Waals surface area contributed by atoms with Gasteiger partial charge in [-0.2, -0.15) is 5.26 Å². The van der Waals surface area contributed by atoms with Gasteiger partial charge in [0.1, 0.15) is 0 Å². The highest BCUT2D eigenvalue weighted by atomic mass is 16.5. The lowest BCUT2D eigenvalue weighted by Crippen LogP contribution is -2.24. The lowest BCUT2D eigenvalue weighted by Gasteiger charge is -2.29. The van der Waals surface area contributed by atoms with Crippen LogP contribution < -0.4 is 0 Å². The monoisotopic (exact) mass is 257 g/mol. The number of nitrogens with zero attached hydrogens (tertiary/aromatic N) is 1. The molecule has 0 N–H and O–H groups in total. The Balaban J connectivity index is 1.80. The maximum Gasteiger partial charge on any atom is 0.0991 e. The molecule has 2 nitrogen and oxygen atoms in total. The molecule has 1 aliphatic heterocycles. The lowest BCUT2D eigenvalue weighted by molar-refractivity contribution is -0.00207. The minimum Gasteiger partial charge on any atom is -0.378 e. The quantitative estimate of drug-likeness (QED) is 0.732. The van der Waals surface area contributed by atoms with Crippen LogP contribution in [0.1, 0.15) is 62.5 Å². The van der Waals surface area contributed by atoms with Gasteiger partial charge >= 0.3 is 0 Å². The molecule has 1 aromatic carbocycles. The number of hydrogen-bond acceptors (Lipinski definition) is 2. The predicted octanol–water partition coefficient (Wildman–Crippen LogP) is 4.40. The van der Waals surface area contributed by atoms with Crippen molar-refractivity contribution in [3.8, 4) is 6.07 Å². The van der Waals surface area contributed by atoms with Crippen LogP contribution in [0.2, 0.25) is 0 Å². The molecule has 0 aromatic heterocycles. The van der Waals surface area contributed by atoms with Crippen LogP contribution in [-0.4, -0.2) is 12.7 Å². The molecule has 0 amide bonds. The average molecular weight is 257 g/mol. The molecule has 19 heavy (non-hydrogen) atoms. The predicted molar refractivity (Wildman–Crippen MR) is 77.0 cm³/mol. The summed E-state index contributed by atoms with van der Waals surface area (Å²) < 4.78 is 5.98. The molecule has 2 atom stereocenters. The number of hydrogen-bond donors (Lipinski definition) is 0. The summed E-state index contributed by atoms with van der Waals surface area (Å²) in [6, 6.07) is 10.1. The third kappa shape index (κ3) is 4.08. The minimum atomic E-state index is 0.473. The number of unbranched alkanes of at least 4 members (excludes halogenated alkanes) is 2. The van der Waals surface area contributed by atoms with E-state index in [1.807, 2.05) is 12.1 Å². The first-order valence-electron chi connectivity index (χ1n) is 7.45. The summed E-state index contributed by atoms with van der Waals surface area (Å²) in [5.74, 6) is 0.509. The second-order valence-electron chi connectivity index (χ2n) is 5.46. The van der Waals surface area contributed by atoms with Crippen LogP contribution in [0, 0.1) is 11.3 Å². The molecule has 2 rings (SSSR count). The van der Waals surface area contributed by atoms with Crippen molar-refractivity contribution in [3.63, 3.8) is 0 Å².